The van der Waals surface area contributed by atoms with Gasteiger partial charge in [0.15, 0.2) is 11.4 Å². The van der Waals surface area contributed by atoms with Gasteiger partial charge in [0.2, 0.25) is 0 Å². The molecule has 5 rings (SSSR count). The molecule has 0 bridgehead atoms. The van der Waals surface area contributed by atoms with Crippen molar-refractivity contribution in [3.63, 3.8) is 0 Å². The number of amides is 2. The van der Waals surface area contributed by atoms with E-state index in [1.165, 1.54) is 13.0 Å². The molecule has 34 heavy (non-hydrogen) atoms. The van der Waals surface area contributed by atoms with Gasteiger partial charge in [0, 0.05) is 44.9 Å². The van der Waals surface area contributed by atoms with Crippen LogP contribution < -0.4 is 0 Å². The van der Waals surface area contributed by atoms with Gasteiger partial charge in [0.25, 0.3) is 11.8 Å². The van der Waals surface area contributed by atoms with Crippen molar-refractivity contribution in [1.82, 2.24) is 25.0 Å². The molecule has 0 saturated carbocycles. The van der Waals surface area contributed by atoms with E-state index in [0.29, 0.717) is 19.6 Å². The van der Waals surface area contributed by atoms with Crippen LogP contribution in [0.3, 0.4) is 0 Å². The number of H-pyrrole nitrogens is 1. The number of aromatic nitrogens is 3. The van der Waals surface area contributed by atoms with Crippen molar-refractivity contribution in [2.24, 2.45) is 0 Å². The van der Waals surface area contributed by atoms with E-state index in [4.69, 9.17) is 4.74 Å². The highest BCUT2D eigenvalue weighted by atomic mass is 16.5. The standard InChI is InChI=1S/C25H25N5O4/c1-17(31)21-12-22(28-27-21)23(32)29-10-11-34-25(16-29)20(19-7-3-2-4-8-19)15-30(24(25)33)14-18-6-5-9-26-13-18/h2-9,12-13,20H,10-11,14-16H2,1H3,(H,27,28). The van der Waals surface area contributed by atoms with Gasteiger partial charge in [-0.25, -0.2) is 0 Å². The molecule has 9 nitrogen and oxygen atoms in total. The van der Waals surface area contributed by atoms with Crippen molar-refractivity contribution >= 4 is 17.6 Å². The number of carbonyl (C=O) groups is 3. The first-order valence-electron chi connectivity index (χ1n) is 11.2. The number of hydrogen-bond donors (Lipinski definition) is 1. The number of hydrogen-bond acceptors (Lipinski definition) is 6. The molecule has 2 saturated heterocycles. The van der Waals surface area contributed by atoms with Crippen LogP contribution in [0.1, 0.15) is 44.9 Å². The van der Waals surface area contributed by atoms with Gasteiger partial charge >= 0.3 is 0 Å². The van der Waals surface area contributed by atoms with Gasteiger partial charge in [-0.1, -0.05) is 36.4 Å². The highest BCUT2D eigenvalue weighted by Crippen LogP contribution is 2.42. The summed E-state index contributed by atoms with van der Waals surface area (Å²) in [6.45, 7) is 2.96. The molecule has 1 N–H and O–H groups in total. The third kappa shape index (κ3) is 3.88. The zero-order chi connectivity index (χ0) is 23.7. The Morgan fingerprint density at radius 1 is 1.21 bits per heavy atom. The predicted molar refractivity (Wildman–Crippen MR) is 122 cm³/mol. The molecule has 9 heteroatoms. The van der Waals surface area contributed by atoms with Crippen molar-refractivity contribution in [2.45, 2.75) is 25.0 Å². The summed E-state index contributed by atoms with van der Waals surface area (Å²) in [4.78, 5) is 46.3. The van der Waals surface area contributed by atoms with Crippen LogP contribution in [0.15, 0.2) is 60.9 Å². The number of Topliss-reactive ketones (excluding diaryl/α,β-unsaturated/α-hetero) is 1. The zero-order valence-electron chi connectivity index (χ0n) is 18.8. The summed E-state index contributed by atoms with van der Waals surface area (Å²) in [6, 6.07) is 15.0. The van der Waals surface area contributed by atoms with Crippen molar-refractivity contribution in [3.05, 3.63) is 83.4 Å². The average Bonchev–Trinajstić information content (AvgIpc) is 3.46. The Kier molecular flexibility index (Phi) is 5.70. The first-order chi connectivity index (χ1) is 16.5. The third-order valence-electron chi connectivity index (χ3n) is 6.52. The van der Waals surface area contributed by atoms with Crippen LogP contribution in [0, 0.1) is 0 Å². The molecule has 2 amide bonds. The van der Waals surface area contributed by atoms with Gasteiger partial charge in [-0.05, 0) is 23.3 Å². The first kappa shape index (κ1) is 22.0. The number of ether oxygens (including phenoxy) is 1. The lowest BCUT2D eigenvalue weighted by atomic mass is 9.83. The molecule has 174 valence electrons. The molecule has 2 aliphatic heterocycles. The maximum Gasteiger partial charge on any atom is 0.272 e. The fourth-order valence-electron chi connectivity index (χ4n) is 4.82. The summed E-state index contributed by atoms with van der Waals surface area (Å²) < 4.78 is 6.25. The molecule has 2 aromatic heterocycles. The van der Waals surface area contributed by atoms with E-state index < -0.39 is 5.60 Å². The van der Waals surface area contributed by atoms with Gasteiger partial charge in [0.1, 0.15) is 11.4 Å². The van der Waals surface area contributed by atoms with E-state index in [1.54, 1.807) is 22.2 Å². The monoisotopic (exact) mass is 459 g/mol. The number of rotatable bonds is 5. The second kappa shape index (κ2) is 8.83. The van der Waals surface area contributed by atoms with E-state index in [0.717, 1.165) is 11.1 Å². The second-order valence-corrected chi connectivity index (χ2v) is 8.70. The van der Waals surface area contributed by atoms with Crippen LogP contribution in [0.5, 0.6) is 0 Å². The topological polar surface area (TPSA) is 108 Å². The van der Waals surface area contributed by atoms with Crippen LogP contribution in [-0.2, 0) is 16.1 Å². The lowest BCUT2D eigenvalue weighted by Crippen LogP contribution is -2.59. The van der Waals surface area contributed by atoms with Gasteiger partial charge in [-0.2, -0.15) is 5.10 Å². The Bertz CT molecular complexity index is 1210. The first-order valence-corrected chi connectivity index (χ1v) is 11.2. The summed E-state index contributed by atoms with van der Waals surface area (Å²) in [5, 5.41) is 6.58. The van der Waals surface area contributed by atoms with Crippen LogP contribution in [0.2, 0.25) is 0 Å². The fourth-order valence-corrected chi connectivity index (χ4v) is 4.82. The van der Waals surface area contributed by atoms with Crippen molar-refractivity contribution in [3.8, 4) is 0 Å². The molecule has 2 atom stereocenters. The molecule has 2 unspecified atom stereocenters. The van der Waals surface area contributed by atoms with E-state index in [9.17, 15) is 14.4 Å². The van der Waals surface area contributed by atoms with Gasteiger partial charge in [0.05, 0.1) is 13.2 Å². The van der Waals surface area contributed by atoms with Crippen LogP contribution in [0.25, 0.3) is 0 Å². The number of ketones is 1. The van der Waals surface area contributed by atoms with E-state index in [2.05, 4.69) is 15.2 Å². The highest BCUT2D eigenvalue weighted by Gasteiger charge is 2.58. The Balaban J connectivity index is 1.46. The average molecular weight is 460 g/mol. The minimum absolute atomic E-state index is 0.113. The molecule has 1 spiro atoms. The van der Waals surface area contributed by atoms with Crippen molar-refractivity contribution < 1.29 is 19.1 Å². The molecule has 4 heterocycles. The fraction of sp³-hybridized carbons (Fsp3) is 0.320. The third-order valence-corrected chi connectivity index (χ3v) is 6.52. The summed E-state index contributed by atoms with van der Waals surface area (Å²) in [6.07, 6.45) is 3.45. The summed E-state index contributed by atoms with van der Waals surface area (Å²) in [7, 11) is 0. The number of pyridine rings is 1. The number of morpholine rings is 1. The second-order valence-electron chi connectivity index (χ2n) is 8.70. The Morgan fingerprint density at radius 3 is 2.74 bits per heavy atom. The van der Waals surface area contributed by atoms with Crippen molar-refractivity contribution in [1.29, 1.82) is 0 Å². The summed E-state index contributed by atoms with van der Waals surface area (Å²) >= 11 is 0. The molecule has 1 aromatic carbocycles. The number of benzene rings is 1. The van der Waals surface area contributed by atoms with Crippen LogP contribution >= 0.6 is 0 Å². The van der Waals surface area contributed by atoms with Gasteiger partial charge in [-0.15, -0.1) is 0 Å². The number of nitrogens with one attached hydrogen (secondary N) is 1. The molecule has 3 aromatic rings. The minimum atomic E-state index is -1.19. The predicted octanol–water partition coefficient (Wildman–Crippen LogP) is 2.04. The lowest BCUT2D eigenvalue weighted by molar-refractivity contribution is -0.160. The lowest BCUT2D eigenvalue weighted by Gasteiger charge is -2.41. The van der Waals surface area contributed by atoms with Crippen LogP contribution in [-0.4, -0.2) is 74.4 Å². The highest BCUT2D eigenvalue weighted by molar-refractivity contribution is 5.98. The Morgan fingerprint density at radius 2 is 2.03 bits per heavy atom. The molecule has 2 fully saturated rings. The molecular formula is C25H25N5O4. The minimum Gasteiger partial charge on any atom is -0.361 e. The number of aromatic amines is 1. The zero-order valence-corrected chi connectivity index (χ0v) is 18.8. The largest absolute Gasteiger partial charge is 0.361 e. The SMILES string of the molecule is CC(=O)c1cc(C(=O)N2CCOC3(C2)C(=O)N(Cc2cccnc2)CC3c2ccccc2)[nH]n1. The van der Waals surface area contributed by atoms with E-state index in [1.807, 2.05) is 42.5 Å². The summed E-state index contributed by atoms with van der Waals surface area (Å²) in [5.74, 6) is -0.928. The Labute approximate surface area is 196 Å². The molecule has 0 aliphatic carbocycles. The van der Waals surface area contributed by atoms with E-state index >= 15 is 0 Å². The molecule has 2 aliphatic rings. The number of carbonyl (C=O) groups excluding carboxylic acids is 3. The maximum atomic E-state index is 13.8. The molecular weight excluding hydrogens is 434 g/mol. The molecule has 0 radical (unpaired) electrons. The number of nitrogens with zero attached hydrogens (tertiary/aromatic N) is 4. The van der Waals surface area contributed by atoms with Gasteiger partial charge < -0.3 is 14.5 Å². The Hall–Kier alpha value is -3.85. The smallest absolute Gasteiger partial charge is 0.272 e. The summed E-state index contributed by atoms with van der Waals surface area (Å²) in [5.41, 5.74) is 1.14. The number of likely N-dealkylation sites (tertiary alicyclic amines) is 1. The van der Waals surface area contributed by atoms with E-state index in [-0.39, 0.29) is 48.1 Å². The van der Waals surface area contributed by atoms with Crippen LogP contribution in [0.4, 0.5) is 0 Å². The maximum absolute atomic E-state index is 13.8. The quantitative estimate of drug-likeness (QED) is 0.585. The van der Waals surface area contributed by atoms with Gasteiger partial charge in [-0.3, -0.25) is 24.5 Å². The normalized spacial score (nSPS) is 22.4. The van der Waals surface area contributed by atoms with Crippen molar-refractivity contribution in [2.75, 3.05) is 26.2 Å².